The fraction of sp³-hybridized carbons (Fsp3) is 0.231. The van der Waals surface area contributed by atoms with Gasteiger partial charge in [0.15, 0.2) is 0 Å². The number of nitrogens with one attached hydrogen (secondary N) is 1. The van der Waals surface area contributed by atoms with E-state index in [4.69, 9.17) is 4.74 Å². The maximum atomic E-state index is 14.0. The molecule has 1 N–H and O–H groups in total. The summed E-state index contributed by atoms with van der Waals surface area (Å²) in [6, 6.07) is 16.2. The van der Waals surface area contributed by atoms with Gasteiger partial charge in [0.1, 0.15) is 6.54 Å². The summed E-state index contributed by atoms with van der Waals surface area (Å²) >= 11 is 4.74. The third-order valence-electron chi connectivity index (χ3n) is 6.49. The predicted octanol–water partition coefficient (Wildman–Crippen LogP) is 3.24. The monoisotopic (exact) mass is 594 g/mol. The molecule has 0 saturated carbocycles. The maximum absolute atomic E-state index is 14.0. The molecule has 1 aliphatic rings. The Kier molecular flexibility index (Phi) is 6.38. The zero-order valence-corrected chi connectivity index (χ0v) is 22.8. The van der Waals surface area contributed by atoms with Gasteiger partial charge in [0.05, 0.1) is 53.1 Å². The van der Waals surface area contributed by atoms with Crippen LogP contribution in [0.2, 0.25) is 0 Å². The van der Waals surface area contributed by atoms with Crippen LogP contribution in [0.3, 0.4) is 0 Å². The molecule has 12 heteroatoms. The quantitative estimate of drug-likeness (QED) is 0.335. The van der Waals surface area contributed by atoms with Crippen molar-refractivity contribution in [2.45, 2.75) is 13.5 Å². The molecule has 10 nitrogen and oxygen atoms in total. The van der Waals surface area contributed by atoms with E-state index in [-0.39, 0.29) is 23.6 Å². The van der Waals surface area contributed by atoms with E-state index in [2.05, 4.69) is 26.2 Å². The number of anilines is 1. The van der Waals surface area contributed by atoms with Crippen LogP contribution >= 0.6 is 27.3 Å². The van der Waals surface area contributed by atoms with Crippen molar-refractivity contribution in [3.63, 3.8) is 0 Å². The minimum atomic E-state index is -0.339. The highest BCUT2D eigenvalue weighted by atomic mass is 79.9. The van der Waals surface area contributed by atoms with Crippen molar-refractivity contribution < 1.29 is 9.53 Å². The lowest BCUT2D eigenvalue weighted by Crippen LogP contribution is -2.49. The van der Waals surface area contributed by atoms with Crippen molar-refractivity contribution in [2.24, 2.45) is 0 Å². The molecule has 3 aromatic heterocycles. The maximum Gasteiger partial charge on any atom is 0.283 e. The molecule has 1 aliphatic heterocycles. The minimum Gasteiger partial charge on any atom is -0.378 e. The summed E-state index contributed by atoms with van der Waals surface area (Å²) in [5, 5.41) is 5.55. The van der Waals surface area contributed by atoms with Crippen molar-refractivity contribution in [2.75, 3.05) is 36.6 Å². The highest BCUT2D eigenvalue weighted by molar-refractivity contribution is 9.10. The number of carbonyl (C=O) groups is 1. The number of hydrogen-bond acceptors (Lipinski definition) is 7. The van der Waals surface area contributed by atoms with E-state index in [0.29, 0.717) is 53.7 Å². The van der Waals surface area contributed by atoms with Gasteiger partial charge < -0.3 is 15.1 Å². The summed E-state index contributed by atoms with van der Waals surface area (Å²) in [6.45, 7) is 3.64. The fourth-order valence-corrected chi connectivity index (χ4v) is 6.01. The molecule has 1 amide bonds. The van der Waals surface area contributed by atoms with E-state index in [9.17, 15) is 14.4 Å². The number of para-hydroxylation sites is 1. The lowest BCUT2D eigenvalue weighted by molar-refractivity contribution is -0.116. The zero-order valence-electron chi connectivity index (χ0n) is 20.4. The minimum absolute atomic E-state index is 0.189. The first-order valence-corrected chi connectivity index (χ1v) is 13.6. The van der Waals surface area contributed by atoms with E-state index < -0.39 is 0 Å². The third kappa shape index (κ3) is 4.34. The second-order valence-corrected chi connectivity index (χ2v) is 10.8. The molecule has 0 aliphatic carbocycles. The van der Waals surface area contributed by atoms with Crippen molar-refractivity contribution >= 4 is 60.0 Å². The average molecular weight is 595 g/mol. The summed E-state index contributed by atoms with van der Waals surface area (Å²) in [6.07, 6.45) is 0. The standard InChI is InChI=1S/C26H23BrN6O4S/c1-16-24-20(14-23(35)32(16)30-10-12-37-13-11-30)31(15-22(34)28-18-8-6-17(27)7-9-18)33(25(24)36)26-29-19-4-2-3-5-21(19)38-26/h2-9,14H,10-13,15H2,1H3,(H,28,34). The second-order valence-electron chi connectivity index (χ2n) is 8.90. The normalized spacial score (nSPS) is 13.9. The zero-order chi connectivity index (χ0) is 26.4. The number of rotatable bonds is 5. The van der Waals surface area contributed by atoms with Crippen molar-refractivity contribution in [3.05, 3.63) is 85.5 Å². The van der Waals surface area contributed by atoms with Crippen LogP contribution in [-0.2, 0) is 16.1 Å². The molecule has 6 rings (SSSR count). The van der Waals surface area contributed by atoms with Crippen molar-refractivity contribution in [1.82, 2.24) is 19.0 Å². The Morgan fingerprint density at radius 3 is 2.58 bits per heavy atom. The molecule has 38 heavy (non-hydrogen) atoms. The molecule has 5 aromatic rings. The Morgan fingerprint density at radius 2 is 1.84 bits per heavy atom. The topological polar surface area (TPSA) is 103 Å². The molecule has 2 aromatic carbocycles. The first-order valence-electron chi connectivity index (χ1n) is 12.0. The SMILES string of the molecule is Cc1c2c(=O)n(-c3nc4ccccc4s3)n(CC(=O)Nc3ccc(Br)cc3)c2cc(=O)n1N1CCOCC1. The molecule has 1 fully saturated rings. The van der Waals surface area contributed by atoms with Crippen LogP contribution in [0.5, 0.6) is 0 Å². The number of aromatic nitrogens is 4. The Bertz CT molecular complexity index is 1760. The Morgan fingerprint density at radius 1 is 1.11 bits per heavy atom. The Balaban J connectivity index is 1.52. The highest BCUT2D eigenvalue weighted by Crippen LogP contribution is 2.26. The first kappa shape index (κ1) is 24.6. The van der Waals surface area contributed by atoms with E-state index in [1.165, 1.54) is 22.1 Å². The van der Waals surface area contributed by atoms with Gasteiger partial charge in [0.25, 0.3) is 11.1 Å². The number of nitrogens with zero attached hydrogens (tertiary/aromatic N) is 5. The third-order valence-corrected chi connectivity index (χ3v) is 8.03. The summed E-state index contributed by atoms with van der Waals surface area (Å²) in [5.41, 5.74) is 1.65. The van der Waals surface area contributed by atoms with Crippen molar-refractivity contribution in [1.29, 1.82) is 0 Å². The number of ether oxygens (including phenoxy) is 1. The van der Waals surface area contributed by atoms with Crippen LogP contribution in [0.15, 0.2) is 68.7 Å². The molecular weight excluding hydrogens is 572 g/mol. The number of benzene rings is 2. The number of fused-ring (bicyclic) bond motifs is 2. The smallest absolute Gasteiger partial charge is 0.283 e. The van der Waals surface area contributed by atoms with Crippen LogP contribution in [0.25, 0.3) is 26.3 Å². The largest absolute Gasteiger partial charge is 0.378 e. The van der Waals surface area contributed by atoms with Crippen molar-refractivity contribution in [3.8, 4) is 5.13 Å². The number of halogens is 1. The Labute approximate surface area is 228 Å². The lowest BCUT2D eigenvalue weighted by atomic mass is 10.2. The van der Waals surface area contributed by atoms with E-state index in [1.54, 1.807) is 28.4 Å². The van der Waals surface area contributed by atoms with Gasteiger partial charge in [0.2, 0.25) is 11.0 Å². The van der Waals surface area contributed by atoms with Gasteiger partial charge in [0, 0.05) is 16.2 Å². The highest BCUT2D eigenvalue weighted by Gasteiger charge is 2.25. The molecule has 4 heterocycles. The predicted molar refractivity (Wildman–Crippen MR) is 151 cm³/mol. The molecule has 0 bridgehead atoms. The van der Waals surface area contributed by atoms with E-state index >= 15 is 0 Å². The van der Waals surface area contributed by atoms with E-state index in [1.807, 2.05) is 41.4 Å². The second kappa shape index (κ2) is 9.86. The van der Waals surface area contributed by atoms with Gasteiger partial charge in [-0.3, -0.25) is 19.1 Å². The fourth-order valence-electron chi connectivity index (χ4n) is 4.77. The molecule has 194 valence electrons. The number of hydrogen-bond donors (Lipinski definition) is 1. The van der Waals surface area contributed by atoms with Gasteiger partial charge in [-0.05, 0) is 43.3 Å². The molecule has 1 saturated heterocycles. The number of morpholine rings is 1. The number of carbonyl (C=O) groups excluding carboxylic acids is 1. The molecule has 0 spiro atoms. The molecule has 0 atom stereocenters. The lowest BCUT2D eigenvalue weighted by Gasteiger charge is -2.31. The summed E-state index contributed by atoms with van der Waals surface area (Å²) in [7, 11) is 0. The number of amides is 1. The average Bonchev–Trinajstić information content (AvgIpc) is 3.44. The van der Waals surface area contributed by atoms with Gasteiger partial charge in [-0.25, -0.2) is 9.66 Å². The Hall–Kier alpha value is -3.74. The van der Waals surface area contributed by atoms with Gasteiger partial charge in [-0.1, -0.05) is 39.4 Å². The van der Waals surface area contributed by atoms with Crippen LogP contribution in [0, 0.1) is 6.92 Å². The van der Waals surface area contributed by atoms with Gasteiger partial charge >= 0.3 is 0 Å². The van der Waals surface area contributed by atoms with Crippen LogP contribution in [0.1, 0.15) is 5.69 Å². The summed E-state index contributed by atoms with van der Waals surface area (Å²) in [5.74, 6) is -0.339. The van der Waals surface area contributed by atoms with Gasteiger partial charge in [-0.15, -0.1) is 0 Å². The van der Waals surface area contributed by atoms with Crippen LogP contribution in [-0.4, -0.2) is 51.2 Å². The van der Waals surface area contributed by atoms with Crippen LogP contribution < -0.4 is 21.4 Å². The number of thiazole rings is 1. The molecule has 0 radical (unpaired) electrons. The van der Waals surface area contributed by atoms with Gasteiger partial charge in [-0.2, -0.15) is 4.68 Å². The number of pyridine rings is 1. The van der Waals surface area contributed by atoms with E-state index in [0.717, 1.165) is 14.7 Å². The molecule has 0 unspecified atom stereocenters. The summed E-state index contributed by atoms with van der Waals surface area (Å²) in [4.78, 5) is 45.2. The first-order chi connectivity index (χ1) is 18.4. The summed E-state index contributed by atoms with van der Waals surface area (Å²) < 4.78 is 11.7. The molecular formula is C26H23BrN6O4S. The van der Waals surface area contributed by atoms with Crippen LogP contribution in [0.4, 0.5) is 5.69 Å². The number of aryl methyl sites for hydroxylation is 1.